The molecule has 1 N–H and O–H groups in total. The lowest BCUT2D eigenvalue weighted by Crippen LogP contribution is -2.33. The van der Waals surface area contributed by atoms with Gasteiger partial charge >= 0.3 is 0 Å². The number of hydrogen-bond acceptors (Lipinski definition) is 3. The normalized spacial score (nSPS) is 10.9. The first-order valence-corrected chi connectivity index (χ1v) is 6.55. The van der Waals surface area contributed by atoms with E-state index in [1.54, 1.807) is 23.1 Å². The van der Waals surface area contributed by atoms with E-state index in [1.165, 1.54) is 0 Å². The van der Waals surface area contributed by atoms with E-state index in [4.69, 9.17) is 21.1 Å². The van der Waals surface area contributed by atoms with Gasteiger partial charge < -0.3 is 14.4 Å². The number of halogens is 1. The van der Waals surface area contributed by atoms with Crippen molar-refractivity contribution in [1.29, 1.82) is 0 Å². The predicted octanol–water partition coefficient (Wildman–Crippen LogP) is 2.85. The number of aliphatic hydroxyl groups excluding tert-OH is 1. The number of rotatable bonds is 4. The molecule has 5 heteroatoms. The van der Waals surface area contributed by atoms with Crippen LogP contribution in [0.25, 0.3) is 11.0 Å². The van der Waals surface area contributed by atoms with E-state index < -0.39 is 0 Å². The summed E-state index contributed by atoms with van der Waals surface area (Å²) in [6, 6.07) is 5.27. The minimum atomic E-state index is -0.207. The van der Waals surface area contributed by atoms with Gasteiger partial charge in [-0.2, -0.15) is 0 Å². The summed E-state index contributed by atoms with van der Waals surface area (Å²) in [6.07, 6.45) is 0. The monoisotopic (exact) mass is 281 g/mol. The van der Waals surface area contributed by atoms with Gasteiger partial charge in [-0.3, -0.25) is 4.79 Å². The molecular formula is C14H16ClNO3. The summed E-state index contributed by atoms with van der Waals surface area (Å²) in [7, 11) is 0. The van der Waals surface area contributed by atoms with Crippen molar-refractivity contribution in [1.82, 2.24) is 4.90 Å². The second-order valence-corrected chi connectivity index (χ2v) is 4.74. The Morgan fingerprint density at radius 2 is 2.21 bits per heavy atom. The molecule has 0 spiro atoms. The maximum atomic E-state index is 12.3. The fourth-order valence-electron chi connectivity index (χ4n) is 2.06. The quantitative estimate of drug-likeness (QED) is 0.937. The number of carbonyl (C=O) groups is 1. The summed E-state index contributed by atoms with van der Waals surface area (Å²) < 4.78 is 5.61. The van der Waals surface area contributed by atoms with Gasteiger partial charge in [0.1, 0.15) is 5.58 Å². The molecule has 0 aliphatic heterocycles. The summed E-state index contributed by atoms with van der Waals surface area (Å²) in [5.74, 6) is 0.105. The minimum absolute atomic E-state index is 0.0648. The van der Waals surface area contributed by atoms with Crippen LogP contribution in [0.15, 0.2) is 22.6 Å². The number of likely N-dealkylation sites (N-methyl/N-ethyl adjacent to an activating group) is 1. The molecule has 0 saturated heterocycles. The molecule has 2 aromatic rings. The smallest absolute Gasteiger partial charge is 0.289 e. The van der Waals surface area contributed by atoms with Gasteiger partial charge in [0.2, 0.25) is 0 Å². The van der Waals surface area contributed by atoms with Crippen LogP contribution in [0.4, 0.5) is 0 Å². The van der Waals surface area contributed by atoms with Crippen molar-refractivity contribution in [2.24, 2.45) is 0 Å². The Balaban J connectivity index is 2.45. The Morgan fingerprint density at radius 3 is 2.84 bits per heavy atom. The zero-order valence-corrected chi connectivity index (χ0v) is 11.7. The minimum Gasteiger partial charge on any atom is -0.451 e. The van der Waals surface area contributed by atoms with Crippen molar-refractivity contribution in [2.75, 3.05) is 19.7 Å². The number of aryl methyl sites for hydroxylation is 1. The van der Waals surface area contributed by atoms with Crippen molar-refractivity contribution in [2.45, 2.75) is 13.8 Å². The second kappa shape index (κ2) is 5.63. The highest BCUT2D eigenvalue weighted by Crippen LogP contribution is 2.28. The van der Waals surface area contributed by atoms with Gasteiger partial charge in [-0.1, -0.05) is 11.6 Å². The van der Waals surface area contributed by atoms with Gasteiger partial charge in [-0.05, 0) is 32.0 Å². The Hall–Kier alpha value is -1.52. The van der Waals surface area contributed by atoms with Gasteiger partial charge in [-0.25, -0.2) is 0 Å². The largest absolute Gasteiger partial charge is 0.451 e. The molecule has 0 aliphatic rings. The molecule has 0 aliphatic carbocycles. The summed E-state index contributed by atoms with van der Waals surface area (Å²) in [5.41, 5.74) is 1.42. The summed E-state index contributed by atoms with van der Waals surface area (Å²) >= 11 is 5.95. The van der Waals surface area contributed by atoms with Crippen molar-refractivity contribution in [3.8, 4) is 0 Å². The lowest BCUT2D eigenvalue weighted by atomic mass is 10.1. The van der Waals surface area contributed by atoms with Crippen LogP contribution in [0, 0.1) is 6.92 Å². The summed E-state index contributed by atoms with van der Waals surface area (Å²) in [4.78, 5) is 13.9. The van der Waals surface area contributed by atoms with Gasteiger partial charge in [0, 0.05) is 29.1 Å². The lowest BCUT2D eigenvalue weighted by molar-refractivity contribution is 0.0701. The van der Waals surface area contributed by atoms with Crippen LogP contribution >= 0.6 is 11.6 Å². The van der Waals surface area contributed by atoms with E-state index in [1.807, 2.05) is 13.8 Å². The molecule has 1 amide bonds. The SMILES string of the molecule is CCN(CCO)C(=O)c1oc2ccc(Cl)cc2c1C. The number of carbonyl (C=O) groups excluding carboxylic acids is 1. The standard InChI is InChI=1S/C14H16ClNO3/c1-3-16(6-7-17)14(18)13-9(2)11-8-10(15)4-5-12(11)19-13/h4-5,8,17H,3,6-7H2,1-2H3. The van der Waals surface area contributed by atoms with Crippen LogP contribution in [-0.2, 0) is 0 Å². The topological polar surface area (TPSA) is 53.7 Å². The average Bonchev–Trinajstić information content (AvgIpc) is 2.72. The summed E-state index contributed by atoms with van der Waals surface area (Å²) in [6.45, 7) is 4.46. The van der Waals surface area contributed by atoms with Crippen LogP contribution in [0.5, 0.6) is 0 Å². The maximum absolute atomic E-state index is 12.3. The second-order valence-electron chi connectivity index (χ2n) is 4.31. The van der Waals surface area contributed by atoms with Crippen LogP contribution in [-0.4, -0.2) is 35.6 Å². The summed E-state index contributed by atoms with van der Waals surface area (Å²) in [5, 5.41) is 10.4. The first kappa shape index (κ1) is 13.9. The highest BCUT2D eigenvalue weighted by molar-refractivity contribution is 6.31. The molecule has 0 radical (unpaired) electrons. The fourth-order valence-corrected chi connectivity index (χ4v) is 2.24. The highest BCUT2D eigenvalue weighted by atomic mass is 35.5. The van der Waals surface area contributed by atoms with Gasteiger partial charge in [-0.15, -0.1) is 0 Å². The van der Waals surface area contributed by atoms with E-state index >= 15 is 0 Å². The predicted molar refractivity (Wildman–Crippen MR) is 74.6 cm³/mol. The number of benzene rings is 1. The molecule has 0 bridgehead atoms. The molecular weight excluding hydrogens is 266 g/mol. The Kier molecular flexibility index (Phi) is 4.12. The average molecular weight is 282 g/mol. The zero-order valence-electron chi connectivity index (χ0n) is 10.9. The van der Waals surface area contributed by atoms with E-state index in [0.29, 0.717) is 29.5 Å². The number of amides is 1. The van der Waals surface area contributed by atoms with Gasteiger partial charge in [0.15, 0.2) is 5.76 Å². The molecule has 1 aromatic carbocycles. The van der Waals surface area contributed by atoms with E-state index in [0.717, 1.165) is 10.9 Å². The Labute approximate surface area is 116 Å². The molecule has 1 heterocycles. The van der Waals surface area contributed by atoms with Crippen LogP contribution in [0.3, 0.4) is 0 Å². The van der Waals surface area contributed by atoms with Crippen LogP contribution in [0.2, 0.25) is 5.02 Å². The van der Waals surface area contributed by atoms with Crippen molar-refractivity contribution in [3.63, 3.8) is 0 Å². The molecule has 102 valence electrons. The molecule has 0 atom stereocenters. The molecule has 2 rings (SSSR count). The third kappa shape index (κ3) is 2.60. The molecule has 19 heavy (non-hydrogen) atoms. The number of nitrogens with zero attached hydrogens (tertiary/aromatic N) is 1. The molecule has 1 aromatic heterocycles. The zero-order chi connectivity index (χ0) is 14.0. The van der Waals surface area contributed by atoms with Gasteiger partial charge in [0.05, 0.1) is 6.61 Å². The van der Waals surface area contributed by atoms with Crippen molar-refractivity contribution in [3.05, 3.63) is 34.5 Å². The maximum Gasteiger partial charge on any atom is 0.289 e. The van der Waals surface area contributed by atoms with E-state index in [9.17, 15) is 4.79 Å². The number of aliphatic hydroxyl groups is 1. The first-order chi connectivity index (χ1) is 9.08. The third-order valence-electron chi connectivity index (χ3n) is 3.13. The fraction of sp³-hybridized carbons (Fsp3) is 0.357. The van der Waals surface area contributed by atoms with E-state index in [2.05, 4.69) is 0 Å². The first-order valence-electron chi connectivity index (χ1n) is 6.17. The highest BCUT2D eigenvalue weighted by Gasteiger charge is 2.22. The number of fused-ring (bicyclic) bond motifs is 1. The van der Waals surface area contributed by atoms with Crippen LogP contribution in [0.1, 0.15) is 23.0 Å². The van der Waals surface area contributed by atoms with Crippen molar-refractivity contribution < 1.29 is 14.3 Å². The number of hydrogen-bond donors (Lipinski definition) is 1. The Morgan fingerprint density at radius 1 is 1.47 bits per heavy atom. The molecule has 4 nitrogen and oxygen atoms in total. The molecule has 0 saturated carbocycles. The molecule has 0 fully saturated rings. The van der Waals surface area contributed by atoms with Crippen LogP contribution < -0.4 is 0 Å². The number of furan rings is 1. The van der Waals surface area contributed by atoms with Gasteiger partial charge in [0.25, 0.3) is 5.91 Å². The lowest BCUT2D eigenvalue weighted by Gasteiger charge is -2.18. The van der Waals surface area contributed by atoms with E-state index in [-0.39, 0.29) is 12.5 Å². The van der Waals surface area contributed by atoms with Crippen molar-refractivity contribution >= 4 is 28.5 Å². The Bertz CT molecular complexity index is 606. The molecule has 0 unspecified atom stereocenters. The third-order valence-corrected chi connectivity index (χ3v) is 3.37.